The predicted molar refractivity (Wildman–Crippen MR) is 211 cm³/mol. The molecule has 6 atom stereocenters. The van der Waals surface area contributed by atoms with Crippen LogP contribution in [0.15, 0.2) is 137 Å². The second kappa shape index (κ2) is 12.6. The van der Waals surface area contributed by atoms with Crippen LogP contribution in [0, 0.1) is 30.6 Å². The van der Waals surface area contributed by atoms with Gasteiger partial charge in [-0.3, -0.25) is 24.1 Å². The number of para-hydroxylation sites is 2. The van der Waals surface area contributed by atoms with E-state index in [-0.39, 0.29) is 35.8 Å². The van der Waals surface area contributed by atoms with Crippen LogP contribution in [-0.2, 0) is 24.6 Å². The van der Waals surface area contributed by atoms with Gasteiger partial charge in [-0.15, -0.1) is 0 Å². The van der Waals surface area contributed by atoms with Gasteiger partial charge in [0.25, 0.3) is 0 Å². The second-order valence-electron chi connectivity index (χ2n) is 15.2. The zero-order chi connectivity index (χ0) is 38.5. The Morgan fingerprint density at radius 3 is 2.29 bits per heavy atom. The third kappa shape index (κ3) is 4.83. The molecule has 10 rings (SSSR count). The molecule has 1 aromatic heterocycles. The summed E-state index contributed by atoms with van der Waals surface area (Å²) in [4.78, 5) is 66.6. The molecular weight excluding hydrogens is 726 g/mol. The van der Waals surface area contributed by atoms with Crippen molar-refractivity contribution in [3.05, 3.63) is 155 Å². The van der Waals surface area contributed by atoms with Crippen molar-refractivity contribution in [1.82, 2.24) is 4.98 Å². The van der Waals surface area contributed by atoms with Gasteiger partial charge in [0, 0.05) is 16.5 Å². The number of rotatable bonds is 5. The first-order valence-electron chi connectivity index (χ1n) is 18.7. The molecule has 2 aliphatic heterocycles. The number of aromatic hydroxyl groups is 1. The van der Waals surface area contributed by atoms with Crippen LogP contribution in [-0.4, -0.2) is 33.7 Å². The highest BCUT2D eigenvalue weighted by atomic mass is 35.5. The first-order valence-corrected chi connectivity index (χ1v) is 19.1. The van der Waals surface area contributed by atoms with Gasteiger partial charge >= 0.3 is 0 Å². The van der Waals surface area contributed by atoms with E-state index >= 15 is 4.79 Å². The van der Waals surface area contributed by atoms with Crippen molar-refractivity contribution < 1.29 is 28.7 Å². The number of phenolic OH excluding ortho intramolecular Hbond substituents is 1. The predicted octanol–water partition coefficient (Wildman–Crippen LogP) is 8.53. The Morgan fingerprint density at radius 1 is 0.768 bits per heavy atom. The Kier molecular flexibility index (Phi) is 7.70. The fraction of sp³-hybridized carbons (Fsp3) is 0.196. The van der Waals surface area contributed by atoms with Gasteiger partial charge in [0.2, 0.25) is 29.5 Å². The molecule has 56 heavy (non-hydrogen) atoms. The molecule has 6 aromatic rings. The highest BCUT2D eigenvalue weighted by Gasteiger charge is 2.70. The van der Waals surface area contributed by atoms with Gasteiger partial charge in [-0.05, 0) is 103 Å². The minimum Gasteiger partial charge on any atom is -0.508 e. The lowest BCUT2D eigenvalue weighted by Crippen LogP contribution is -2.53. The molecule has 0 spiro atoms. The van der Waals surface area contributed by atoms with Gasteiger partial charge in [-0.2, -0.15) is 0 Å². The number of carbonyl (C=O) groups is 4. The summed E-state index contributed by atoms with van der Waals surface area (Å²) in [6.07, 6.45) is 2.51. The lowest BCUT2D eigenvalue weighted by atomic mass is 9.49. The van der Waals surface area contributed by atoms with Crippen LogP contribution in [0.5, 0.6) is 5.75 Å². The fourth-order valence-corrected chi connectivity index (χ4v) is 10.2. The number of benzene rings is 5. The zero-order valence-corrected chi connectivity index (χ0v) is 30.9. The molecule has 4 aliphatic rings. The Morgan fingerprint density at radius 2 is 1.54 bits per heavy atom. The van der Waals surface area contributed by atoms with Crippen LogP contribution in [0.3, 0.4) is 0 Å². The molecule has 2 saturated heterocycles. The van der Waals surface area contributed by atoms with Crippen LogP contribution in [0.4, 0.5) is 11.4 Å². The van der Waals surface area contributed by atoms with Crippen LogP contribution >= 0.6 is 11.6 Å². The third-order valence-corrected chi connectivity index (χ3v) is 12.6. The maximum Gasteiger partial charge on any atom is 0.246 e. The molecule has 1 saturated carbocycles. The molecule has 2 aliphatic carbocycles. The molecule has 0 unspecified atom stereocenters. The third-order valence-electron chi connectivity index (χ3n) is 12.4. The maximum absolute atomic E-state index is 15.4. The summed E-state index contributed by atoms with van der Waals surface area (Å²) in [6, 6.07) is 35.9. The zero-order valence-electron chi connectivity index (χ0n) is 30.1. The van der Waals surface area contributed by atoms with Crippen molar-refractivity contribution in [1.29, 1.82) is 0 Å². The van der Waals surface area contributed by atoms with Crippen molar-refractivity contribution in [3.8, 4) is 17.2 Å². The van der Waals surface area contributed by atoms with Crippen molar-refractivity contribution in [2.24, 2.45) is 23.7 Å². The first-order chi connectivity index (χ1) is 27.2. The molecule has 4 amide bonds. The quantitative estimate of drug-likeness (QED) is 0.138. The number of hydrogen-bond acceptors (Lipinski definition) is 7. The van der Waals surface area contributed by atoms with Gasteiger partial charge in [0.1, 0.15) is 11.3 Å². The summed E-state index contributed by atoms with van der Waals surface area (Å²) in [5, 5.41) is 11.0. The van der Waals surface area contributed by atoms with Crippen molar-refractivity contribution >= 4 is 57.7 Å². The molecule has 1 N–H and O–H groups in total. The molecule has 5 aromatic carbocycles. The number of nitrogens with zero attached hydrogens (tertiary/aromatic N) is 3. The average Bonchev–Trinajstić information content (AvgIpc) is 3.83. The second-order valence-corrected chi connectivity index (χ2v) is 15.6. The smallest absolute Gasteiger partial charge is 0.246 e. The molecule has 9 nitrogen and oxygen atoms in total. The van der Waals surface area contributed by atoms with Gasteiger partial charge < -0.3 is 9.52 Å². The number of amides is 4. The molecule has 0 bridgehead atoms. The summed E-state index contributed by atoms with van der Waals surface area (Å²) in [5.74, 6) is -4.35. The van der Waals surface area contributed by atoms with E-state index in [4.69, 9.17) is 16.0 Å². The fourth-order valence-electron chi connectivity index (χ4n) is 9.98. The summed E-state index contributed by atoms with van der Waals surface area (Å²) < 4.78 is 5.95. The van der Waals surface area contributed by atoms with E-state index in [1.807, 2.05) is 66.7 Å². The van der Waals surface area contributed by atoms with Gasteiger partial charge in [0.05, 0.1) is 34.5 Å². The maximum atomic E-state index is 15.4. The minimum absolute atomic E-state index is 0.104. The number of allylic oxidation sites excluding steroid dienone is 2. The number of anilines is 2. The van der Waals surface area contributed by atoms with E-state index in [9.17, 15) is 19.5 Å². The van der Waals surface area contributed by atoms with E-state index < -0.39 is 35.0 Å². The van der Waals surface area contributed by atoms with Crippen LogP contribution in [0.1, 0.15) is 35.4 Å². The highest BCUT2D eigenvalue weighted by Crippen LogP contribution is 2.64. The summed E-state index contributed by atoms with van der Waals surface area (Å²) >= 11 is 6.43. The molecular formula is C46H34ClN3O6. The number of aryl methyl sites for hydroxylation is 1. The Labute approximate surface area is 326 Å². The Hall–Kier alpha value is -6.32. The molecule has 3 fully saturated rings. The number of aromatic nitrogens is 1. The SMILES string of the molecule is Cc1cc([C@H]2C3=CC[C@@H]4C(=O)N(c5ccc(-c6nc7ccccc7o6)cc5)C(=O)[C@@H]4[C@@H]3C[C@H]3C(=O)N(c4cccc(Cl)c4)C(=O)[C@@]23c2ccccc2)ccc1O. The van der Waals surface area contributed by atoms with Crippen molar-refractivity contribution in [3.63, 3.8) is 0 Å². The Balaban J connectivity index is 1.09. The number of imide groups is 2. The topological polar surface area (TPSA) is 121 Å². The van der Waals surface area contributed by atoms with Gasteiger partial charge in [-0.25, -0.2) is 9.88 Å². The van der Waals surface area contributed by atoms with E-state index in [1.165, 1.54) is 9.80 Å². The number of hydrogen-bond donors (Lipinski definition) is 1. The van der Waals surface area contributed by atoms with Crippen LogP contribution in [0.2, 0.25) is 5.02 Å². The molecule has 0 radical (unpaired) electrons. The summed E-state index contributed by atoms with van der Waals surface area (Å²) in [7, 11) is 0. The van der Waals surface area contributed by atoms with E-state index in [0.717, 1.165) is 16.7 Å². The number of phenols is 1. The number of halogens is 1. The standard InChI is InChI=1S/C46H34ClN3O6/c1-25-22-27(16-21-37(25)51)40-32-19-20-33-39(44(54)49(42(33)52)30-17-14-26(15-18-30)41-48-36-12-5-6-13-38(36)56-41)34(32)24-35-43(53)50(31-11-7-10-29(47)23-31)45(55)46(35,40)28-8-3-2-4-9-28/h2-19,21-23,33-35,39-40,51H,20,24H2,1H3/t33-,34+,35-,39-,40-,46+/m0/s1. The number of carbonyl (C=O) groups excluding carboxylic acids is 4. The van der Waals surface area contributed by atoms with E-state index in [1.54, 1.807) is 67.6 Å². The minimum atomic E-state index is -1.40. The average molecular weight is 760 g/mol. The van der Waals surface area contributed by atoms with Crippen molar-refractivity contribution in [2.75, 3.05) is 9.80 Å². The summed E-state index contributed by atoms with van der Waals surface area (Å²) in [6.45, 7) is 1.80. The molecule has 276 valence electrons. The summed E-state index contributed by atoms with van der Waals surface area (Å²) in [5.41, 5.74) is 4.38. The normalized spacial score (nSPS) is 25.7. The monoisotopic (exact) mass is 759 g/mol. The molecule has 3 heterocycles. The van der Waals surface area contributed by atoms with Gasteiger partial charge in [-0.1, -0.05) is 83.9 Å². The van der Waals surface area contributed by atoms with Crippen LogP contribution < -0.4 is 9.80 Å². The largest absolute Gasteiger partial charge is 0.508 e. The van der Waals surface area contributed by atoms with Gasteiger partial charge in [0.15, 0.2) is 5.58 Å². The number of fused-ring (bicyclic) bond motifs is 5. The Bertz CT molecular complexity index is 2640. The first kappa shape index (κ1) is 34.2. The lowest BCUT2D eigenvalue weighted by Gasteiger charge is -2.50. The van der Waals surface area contributed by atoms with E-state index in [2.05, 4.69) is 4.98 Å². The van der Waals surface area contributed by atoms with Crippen molar-refractivity contribution in [2.45, 2.75) is 31.1 Å². The van der Waals surface area contributed by atoms with Crippen LogP contribution in [0.25, 0.3) is 22.6 Å². The lowest BCUT2D eigenvalue weighted by molar-refractivity contribution is -0.127. The highest BCUT2D eigenvalue weighted by molar-refractivity contribution is 6.32. The number of oxazole rings is 1. The van der Waals surface area contributed by atoms with E-state index in [0.29, 0.717) is 51.0 Å². The molecule has 10 heteroatoms.